The predicted molar refractivity (Wildman–Crippen MR) is 113 cm³/mol. The summed E-state index contributed by atoms with van der Waals surface area (Å²) in [6.45, 7) is 8.02. The van der Waals surface area contributed by atoms with Crippen LogP contribution in [0.5, 0.6) is 5.75 Å². The van der Waals surface area contributed by atoms with Gasteiger partial charge in [-0.3, -0.25) is 4.79 Å². The second-order valence-electron chi connectivity index (χ2n) is 8.14. The number of piperidine rings is 1. The molecular formula is C19H28Cl2N2O4S. The Labute approximate surface area is 179 Å². The zero-order valence-corrected chi connectivity index (χ0v) is 18.9. The van der Waals surface area contributed by atoms with Crippen molar-refractivity contribution in [1.82, 2.24) is 9.62 Å². The molecular weight excluding hydrogens is 423 g/mol. The summed E-state index contributed by atoms with van der Waals surface area (Å²) in [5, 5.41) is 20.5. The standard InChI is InChI=1S/C19H28Cl2N2O4S/c1-11(24)18(26)23-7-5-12(6-8-23)17(22-28(27)19(2,3)4)13-9-14(20)15(21)10-16(13)25/h9-12,17,22,24-25H,5-8H2,1-4H3/t11-,17+,28-/m0/s1. The molecule has 1 fully saturated rings. The van der Waals surface area contributed by atoms with E-state index >= 15 is 0 Å². The Balaban J connectivity index is 2.28. The van der Waals surface area contributed by atoms with Gasteiger partial charge in [-0.25, -0.2) is 0 Å². The van der Waals surface area contributed by atoms with Gasteiger partial charge in [0.1, 0.15) is 16.6 Å². The molecule has 0 saturated carbocycles. The van der Waals surface area contributed by atoms with Gasteiger partial charge in [0, 0.05) is 36.1 Å². The molecule has 0 spiro atoms. The zero-order valence-electron chi connectivity index (χ0n) is 16.5. The topological polar surface area (TPSA) is 95.9 Å². The van der Waals surface area contributed by atoms with E-state index in [0.29, 0.717) is 36.5 Å². The molecule has 1 aliphatic rings. The summed E-state index contributed by atoms with van der Waals surface area (Å²) in [7, 11) is 0. The molecule has 1 aliphatic heterocycles. The number of aliphatic hydroxyl groups is 1. The summed E-state index contributed by atoms with van der Waals surface area (Å²) in [6, 6.07) is 2.57. The second-order valence-corrected chi connectivity index (χ2v) is 11.0. The van der Waals surface area contributed by atoms with Crippen LogP contribution in [0.4, 0.5) is 0 Å². The number of amides is 1. The number of benzene rings is 1. The van der Waals surface area contributed by atoms with Gasteiger partial charge < -0.3 is 19.7 Å². The number of carbonyl (C=O) groups excluding carboxylic acids is 1. The molecule has 0 radical (unpaired) electrons. The highest BCUT2D eigenvalue weighted by Gasteiger charge is 2.37. The molecule has 1 saturated heterocycles. The lowest BCUT2D eigenvalue weighted by Crippen LogP contribution is -2.47. The van der Waals surface area contributed by atoms with Crippen molar-refractivity contribution in [3.05, 3.63) is 27.7 Å². The van der Waals surface area contributed by atoms with Crippen LogP contribution in [0, 0.1) is 5.92 Å². The molecule has 0 aliphatic carbocycles. The fourth-order valence-electron chi connectivity index (χ4n) is 3.22. The Morgan fingerprint density at radius 2 is 1.82 bits per heavy atom. The number of carbonyl (C=O) groups is 1. The number of halogens is 2. The summed E-state index contributed by atoms with van der Waals surface area (Å²) in [5.74, 6) is -0.286. The van der Waals surface area contributed by atoms with Crippen LogP contribution in [0.2, 0.25) is 10.0 Å². The molecule has 28 heavy (non-hydrogen) atoms. The minimum absolute atomic E-state index is 0.0136. The lowest BCUT2D eigenvalue weighted by molar-refractivity contribution is -0.140. The summed E-state index contributed by atoms with van der Waals surface area (Å²) in [5.41, 5.74) is 0.535. The Hall–Kier alpha value is -0.700. The fourth-order valence-corrected chi connectivity index (χ4v) is 4.46. The van der Waals surface area contributed by atoms with Gasteiger partial charge in [0.2, 0.25) is 0 Å². The lowest BCUT2D eigenvalue weighted by Gasteiger charge is -2.38. The number of hydrogen-bond donors (Lipinski definition) is 3. The number of likely N-dealkylation sites (tertiary alicyclic amines) is 1. The number of phenolic OH excluding ortho intramolecular Hbond substituents is 1. The Kier molecular flexibility index (Phi) is 7.92. The normalized spacial score (nSPS) is 19.4. The second kappa shape index (κ2) is 9.41. The highest BCUT2D eigenvalue weighted by molar-refractivity contribution is 7.90. The van der Waals surface area contributed by atoms with E-state index in [9.17, 15) is 19.6 Å². The summed E-state index contributed by atoms with van der Waals surface area (Å²) in [4.78, 5) is 13.7. The van der Waals surface area contributed by atoms with Gasteiger partial charge in [0.25, 0.3) is 5.91 Å². The van der Waals surface area contributed by atoms with E-state index in [0.717, 1.165) is 0 Å². The third-order valence-corrected chi connectivity index (χ3v) is 7.18. The summed E-state index contributed by atoms with van der Waals surface area (Å²) < 4.78 is 15.4. The van der Waals surface area contributed by atoms with E-state index in [2.05, 4.69) is 4.72 Å². The first-order valence-electron chi connectivity index (χ1n) is 9.24. The molecule has 0 unspecified atom stereocenters. The molecule has 1 heterocycles. The van der Waals surface area contributed by atoms with Crippen molar-refractivity contribution >= 4 is 40.5 Å². The molecule has 2 rings (SSSR count). The number of hydrogen-bond acceptors (Lipinski definition) is 5. The average molecular weight is 451 g/mol. The van der Waals surface area contributed by atoms with Crippen molar-refractivity contribution in [2.45, 2.75) is 57.4 Å². The average Bonchev–Trinajstić information content (AvgIpc) is 2.61. The molecule has 158 valence electrons. The maximum absolute atomic E-state index is 12.8. The van der Waals surface area contributed by atoms with E-state index in [4.69, 9.17) is 23.2 Å². The van der Waals surface area contributed by atoms with E-state index in [1.165, 1.54) is 13.0 Å². The van der Waals surface area contributed by atoms with Crippen LogP contribution in [0.1, 0.15) is 52.1 Å². The quantitative estimate of drug-likeness (QED) is 0.597. The first-order valence-corrected chi connectivity index (χ1v) is 11.1. The first kappa shape index (κ1) is 23.6. The monoisotopic (exact) mass is 450 g/mol. The van der Waals surface area contributed by atoms with Crippen LogP contribution in [0.25, 0.3) is 0 Å². The van der Waals surface area contributed by atoms with E-state index < -0.39 is 28.3 Å². The fraction of sp³-hybridized carbons (Fsp3) is 0.632. The van der Waals surface area contributed by atoms with E-state index in [1.54, 1.807) is 11.0 Å². The van der Waals surface area contributed by atoms with Gasteiger partial charge in [-0.1, -0.05) is 23.2 Å². The minimum atomic E-state index is -1.37. The van der Waals surface area contributed by atoms with Crippen molar-refractivity contribution in [2.24, 2.45) is 5.92 Å². The Bertz CT molecular complexity index is 704. The number of aliphatic hydroxyl groups excluding tert-OH is 1. The van der Waals surface area contributed by atoms with Crippen LogP contribution in [-0.4, -0.2) is 49.5 Å². The number of phenols is 1. The van der Waals surface area contributed by atoms with Crippen molar-refractivity contribution < 1.29 is 19.6 Å². The van der Waals surface area contributed by atoms with E-state index in [1.807, 2.05) is 20.8 Å². The molecule has 0 bridgehead atoms. The van der Waals surface area contributed by atoms with Gasteiger partial charge >= 0.3 is 0 Å². The molecule has 1 aromatic carbocycles. The Morgan fingerprint density at radius 1 is 1.29 bits per heavy atom. The van der Waals surface area contributed by atoms with Crippen molar-refractivity contribution in [3.63, 3.8) is 0 Å². The van der Waals surface area contributed by atoms with Crippen LogP contribution in [0.3, 0.4) is 0 Å². The van der Waals surface area contributed by atoms with Gasteiger partial charge in [-0.2, -0.15) is 0 Å². The molecule has 1 aromatic rings. The largest absolute Gasteiger partial charge is 0.598 e. The Morgan fingerprint density at radius 3 is 2.32 bits per heavy atom. The molecule has 6 nitrogen and oxygen atoms in total. The van der Waals surface area contributed by atoms with Crippen molar-refractivity contribution in [2.75, 3.05) is 13.1 Å². The van der Waals surface area contributed by atoms with Crippen LogP contribution in [0.15, 0.2) is 12.1 Å². The van der Waals surface area contributed by atoms with Gasteiger partial charge in [-0.15, -0.1) is 4.72 Å². The highest BCUT2D eigenvalue weighted by atomic mass is 35.5. The lowest BCUT2D eigenvalue weighted by atomic mass is 9.85. The van der Waals surface area contributed by atoms with Gasteiger partial charge in [0.05, 0.1) is 16.1 Å². The summed E-state index contributed by atoms with van der Waals surface area (Å²) in [6.07, 6.45) is 0.242. The molecule has 9 heteroatoms. The van der Waals surface area contributed by atoms with Crippen molar-refractivity contribution in [3.8, 4) is 5.75 Å². The van der Waals surface area contributed by atoms with Gasteiger partial charge in [-0.05, 0) is 52.5 Å². The SMILES string of the molecule is C[C@H](O)C(=O)N1CCC([C@@H](N[S@@+]([O-])C(C)(C)C)c2cc(Cl)c(Cl)cc2O)CC1. The third-order valence-electron chi connectivity index (χ3n) is 4.87. The number of nitrogens with zero attached hydrogens (tertiary/aromatic N) is 1. The van der Waals surface area contributed by atoms with Crippen LogP contribution >= 0.6 is 23.2 Å². The van der Waals surface area contributed by atoms with Crippen molar-refractivity contribution in [1.29, 1.82) is 0 Å². The van der Waals surface area contributed by atoms with E-state index in [-0.39, 0.29) is 22.6 Å². The zero-order chi connectivity index (χ0) is 21.2. The molecule has 3 atom stereocenters. The number of nitrogens with one attached hydrogen (secondary N) is 1. The van der Waals surface area contributed by atoms with Gasteiger partial charge in [0.15, 0.2) is 0 Å². The molecule has 3 N–H and O–H groups in total. The summed E-state index contributed by atoms with van der Waals surface area (Å²) >= 11 is 10.8. The van der Waals surface area contributed by atoms with Crippen LogP contribution in [-0.2, 0) is 16.2 Å². The maximum Gasteiger partial charge on any atom is 0.251 e. The number of aromatic hydroxyl groups is 1. The minimum Gasteiger partial charge on any atom is -0.598 e. The first-order chi connectivity index (χ1) is 12.9. The molecule has 1 amide bonds. The predicted octanol–water partition coefficient (Wildman–Crippen LogP) is 3.41. The molecule has 0 aromatic heterocycles. The third kappa shape index (κ3) is 5.68. The van der Waals surface area contributed by atoms with Crippen LogP contribution < -0.4 is 4.72 Å². The smallest absolute Gasteiger partial charge is 0.251 e. The highest BCUT2D eigenvalue weighted by Crippen LogP contribution is 2.40. The number of rotatable bonds is 5. The maximum atomic E-state index is 12.8.